The van der Waals surface area contributed by atoms with Gasteiger partial charge in [0.25, 0.3) is 5.91 Å². The van der Waals surface area contributed by atoms with Gasteiger partial charge in [0.15, 0.2) is 11.5 Å². The third-order valence-electron chi connectivity index (χ3n) is 4.95. The second-order valence-electron chi connectivity index (χ2n) is 6.75. The molecular formula is C20H18F2N2O4. The quantitative estimate of drug-likeness (QED) is 0.877. The number of hydrogen-bond donors (Lipinski definition) is 1. The van der Waals surface area contributed by atoms with E-state index >= 15 is 0 Å². The monoisotopic (exact) mass is 388 g/mol. The molecule has 1 fully saturated rings. The van der Waals surface area contributed by atoms with Gasteiger partial charge in [0.2, 0.25) is 12.7 Å². The molecule has 0 unspecified atom stereocenters. The van der Waals surface area contributed by atoms with Gasteiger partial charge in [-0.3, -0.25) is 9.59 Å². The van der Waals surface area contributed by atoms with E-state index in [1.807, 2.05) is 0 Å². The predicted octanol–water partition coefficient (Wildman–Crippen LogP) is 3.18. The van der Waals surface area contributed by atoms with Crippen LogP contribution in [0, 0.1) is 17.6 Å². The Hall–Kier alpha value is -3.16. The molecule has 2 aliphatic rings. The number of hydrogen-bond acceptors (Lipinski definition) is 4. The summed E-state index contributed by atoms with van der Waals surface area (Å²) >= 11 is 0. The van der Waals surface area contributed by atoms with Crippen molar-refractivity contribution in [3.63, 3.8) is 0 Å². The van der Waals surface area contributed by atoms with Crippen LogP contribution in [-0.4, -0.2) is 36.6 Å². The summed E-state index contributed by atoms with van der Waals surface area (Å²) < 4.78 is 37.4. The third kappa shape index (κ3) is 3.62. The predicted molar refractivity (Wildman–Crippen MR) is 96.2 cm³/mol. The van der Waals surface area contributed by atoms with Crippen LogP contribution >= 0.6 is 0 Å². The molecule has 1 saturated heterocycles. The van der Waals surface area contributed by atoms with E-state index < -0.39 is 17.5 Å². The molecule has 1 N–H and O–H groups in total. The Morgan fingerprint density at radius 3 is 2.50 bits per heavy atom. The van der Waals surface area contributed by atoms with Gasteiger partial charge in [0, 0.05) is 36.8 Å². The maximum absolute atomic E-state index is 13.8. The minimum Gasteiger partial charge on any atom is -0.454 e. The highest BCUT2D eigenvalue weighted by Crippen LogP contribution is 2.34. The highest BCUT2D eigenvalue weighted by molar-refractivity contribution is 5.95. The van der Waals surface area contributed by atoms with E-state index in [-0.39, 0.29) is 24.2 Å². The number of piperidine rings is 1. The number of anilines is 1. The molecular weight excluding hydrogens is 370 g/mol. The third-order valence-corrected chi connectivity index (χ3v) is 4.95. The lowest BCUT2D eigenvalue weighted by Crippen LogP contribution is -2.41. The van der Waals surface area contributed by atoms with Crippen molar-refractivity contribution >= 4 is 17.5 Å². The minimum atomic E-state index is -0.882. The summed E-state index contributed by atoms with van der Waals surface area (Å²) in [6.07, 6.45) is 0.926. The molecule has 2 aliphatic heterocycles. The summed E-state index contributed by atoms with van der Waals surface area (Å²) in [4.78, 5) is 26.4. The molecule has 0 spiro atoms. The molecule has 0 radical (unpaired) electrons. The van der Waals surface area contributed by atoms with Crippen LogP contribution in [0.4, 0.5) is 14.5 Å². The van der Waals surface area contributed by atoms with Crippen molar-refractivity contribution in [2.24, 2.45) is 5.92 Å². The van der Waals surface area contributed by atoms with Gasteiger partial charge in [0.05, 0.1) is 5.56 Å². The van der Waals surface area contributed by atoms with E-state index in [1.54, 1.807) is 18.2 Å². The van der Waals surface area contributed by atoms with Crippen molar-refractivity contribution in [3.05, 3.63) is 53.6 Å². The van der Waals surface area contributed by atoms with Crippen LogP contribution in [0.3, 0.4) is 0 Å². The number of rotatable bonds is 3. The summed E-state index contributed by atoms with van der Waals surface area (Å²) in [7, 11) is 0. The van der Waals surface area contributed by atoms with Crippen molar-refractivity contribution in [1.82, 2.24) is 4.90 Å². The molecule has 4 rings (SSSR count). The largest absolute Gasteiger partial charge is 0.454 e. The van der Waals surface area contributed by atoms with Crippen molar-refractivity contribution in [2.45, 2.75) is 12.8 Å². The highest BCUT2D eigenvalue weighted by atomic mass is 19.1. The first-order valence-corrected chi connectivity index (χ1v) is 8.96. The van der Waals surface area contributed by atoms with Crippen LogP contribution in [0.5, 0.6) is 11.5 Å². The van der Waals surface area contributed by atoms with Crippen molar-refractivity contribution in [2.75, 3.05) is 25.2 Å². The molecule has 0 bridgehead atoms. The van der Waals surface area contributed by atoms with E-state index in [0.717, 1.165) is 12.1 Å². The lowest BCUT2D eigenvalue weighted by molar-refractivity contribution is -0.121. The van der Waals surface area contributed by atoms with E-state index in [1.165, 1.54) is 4.90 Å². The molecule has 2 aromatic rings. The average Bonchev–Trinajstić information content (AvgIpc) is 3.15. The van der Waals surface area contributed by atoms with Crippen molar-refractivity contribution in [3.8, 4) is 11.5 Å². The molecule has 2 heterocycles. The first-order chi connectivity index (χ1) is 13.5. The second kappa shape index (κ2) is 7.46. The zero-order valence-electron chi connectivity index (χ0n) is 14.9. The number of nitrogens with one attached hydrogen (secondary N) is 1. The van der Waals surface area contributed by atoms with E-state index in [9.17, 15) is 18.4 Å². The van der Waals surface area contributed by atoms with Gasteiger partial charge in [-0.05, 0) is 37.1 Å². The van der Waals surface area contributed by atoms with E-state index in [4.69, 9.17) is 9.47 Å². The van der Waals surface area contributed by atoms with Crippen molar-refractivity contribution < 1.29 is 27.8 Å². The van der Waals surface area contributed by atoms with E-state index in [0.29, 0.717) is 49.2 Å². The van der Waals surface area contributed by atoms with Crippen LogP contribution in [0.15, 0.2) is 36.4 Å². The van der Waals surface area contributed by atoms with Gasteiger partial charge in [0.1, 0.15) is 11.6 Å². The molecule has 0 atom stereocenters. The Morgan fingerprint density at radius 2 is 1.75 bits per heavy atom. The smallest absolute Gasteiger partial charge is 0.256 e. The van der Waals surface area contributed by atoms with Crippen molar-refractivity contribution in [1.29, 1.82) is 0 Å². The van der Waals surface area contributed by atoms with E-state index in [2.05, 4.69) is 5.32 Å². The minimum absolute atomic E-state index is 0.140. The van der Waals surface area contributed by atoms with Gasteiger partial charge < -0.3 is 19.7 Å². The Morgan fingerprint density at radius 1 is 1.00 bits per heavy atom. The summed E-state index contributed by atoms with van der Waals surface area (Å²) in [6, 6.07) is 8.07. The average molecular weight is 388 g/mol. The molecule has 0 aromatic heterocycles. The summed E-state index contributed by atoms with van der Waals surface area (Å²) in [6.45, 7) is 0.817. The molecule has 28 heavy (non-hydrogen) atoms. The molecule has 0 saturated carbocycles. The molecule has 146 valence electrons. The standard InChI is InChI=1S/C20H18F2N2O4/c21-13-1-3-15(16(22)9-13)20(26)24-7-5-12(6-8-24)19(25)23-14-2-4-17-18(10-14)28-11-27-17/h1-4,9-10,12H,5-8,11H2,(H,23,25). The van der Waals surface area contributed by atoms with Gasteiger partial charge >= 0.3 is 0 Å². The molecule has 2 aromatic carbocycles. The van der Waals surface area contributed by atoms with Gasteiger partial charge in [-0.15, -0.1) is 0 Å². The van der Waals surface area contributed by atoms with Crippen LogP contribution in [0.25, 0.3) is 0 Å². The normalized spacial score (nSPS) is 16.1. The zero-order valence-corrected chi connectivity index (χ0v) is 14.9. The first kappa shape index (κ1) is 18.2. The van der Waals surface area contributed by atoms with Crippen LogP contribution in [0.2, 0.25) is 0 Å². The lowest BCUT2D eigenvalue weighted by atomic mass is 9.95. The summed E-state index contributed by atoms with van der Waals surface area (Å²) in [5.41, 5.74) is 0.450. The number of benzene rings is 2. The van der Waals surface area contributed by atoms with Gasteiger partial charge in [-0.1, -0.05) is 0 Å². The molecule has 0 aliphatic carbocycles. The molecule has 8 heteroatoms. The number of fused-ring (bicyclic) bond motifs is 1. The lowest BCUT2D eigenvalue weighted by Gasteiger charge is -2.31. The van der Waals surface area contributed by atoms with Gasteiger partial charge in [-0.25, -0.2) is 8.78 Å². The number of halogens is 2. The number of carbonyl (C=O) groups is 2. The first-order valence-electron chi connectivity index (χ1n) is 8.96. The second-order valence-corrected chi connectivity index (χ2v) is 6.75. The number of nitrogens with zero attached hydrogens (tertiary/aromatic N) is 1. The topological polar surface area (TPSA) is 67.9 Å². The van der Waals surface area contributed by atoms with Gasteiger partial charge in [-0.2, -0.15) is 0 Å². The maximum atomic E-state index is 13.8. The number of likely N-dealkylation sites (tertiary alicyclic amines) is 1. The fourth-order valence-corrected chi connectivity index (χ4v) is 3.40. The molecule has 6 nitrogen and oxygen atoms in total. The fourth-order valence-electron chi connectivity index (χ4n) is 3.40. The Labute approximate surface area is 160 Å². The Kier molecular flexibility index (Phi) is 4.85. The van der Waals surface area contributed by atoms with Crippen LogP contribution in [0.1, 0.15) is 23.2 Å². The zero-order chi connectivity index (χ0) is 19.7. The maximum Gasteiger partial charge on any atom is 0.256 e. The highest BCUT2D eigenvalue weighted by Gasteiger charge is 2.29. The Bertz CT molecular complexity index is 926. The number of carbonyl (C=O) groups excluding carboxylic acids is 2. The SMILES string of the molecule is O=C(Nc1ccc2c(c1)OCO2)C1CCN(C(=O)c2ccc(F)cc2F)CC1. The number of amides is 2. The van der Waals surface area contributed by atoms with Crippen LogP contribution < -0.4 is 14.8 Å². The summed E-state index contributed by atoms with van der Waals surface area (Å²) in [5, 5.41) is 2.85. The Balaban J connectivity index is 1.34. The summed E-state index contributed by atoms with van der Waals surface area (Å²) in [5.74, 6) is -1.28. The van der Waals surface area contributed by atoms with Crippen LogP contribution in [-0.2, 0) is 4.79 Å². The number of ether oxygens (including phenoxy) is 2. The fraction of sp³-hybridized carbons (Fsp3) is 0.300. The molecule has 2 amide bonds.